The van der Waals surface area contributed by atoms with E-state index in [1.54, 1.807) is 7.11 Å². The summed E-state index contributed by atoms with van der Waals surface area (Å²) in [6, 6.07) is 4.41. The molecule has 0 bridgehead atoms. The van der Waals surface area contributed by atoms with Gasteiger partial charge in [0.15, 0.2) is 0 Å². The number of aryl methyl sites for hydroxylation is 1. The monoisotopic (exact) mass is 287 g/mol. The molecule has 4 nitrogen and oxygen atoms in total. The average molecular weight is 287 g/mol. The first-order valence-electron chi connectivity index (χ1n) is 7.45. The maximum Gasteiger partial charge on any atom is 0.128 e. The third-order valence-corrected chi connectivity index (χ3v) is 3.99. The molecule has 0 spiro atoms. The van der Waals surface area contributed by atoms with E-state index in [1.165, 1.54) is 5.69 Å². The summed E-state index contributed by atoms with van der Waals surface area (Å²) in [6.45, 7) is 6.95. The smallest absolute Gasteiger partial charge is 0.128 e. The first-order chi connectivity index (χ1) is 10.1. The summed E-state index contributed by atoms with van der Waals surface area (Å²) in [7, 11) is 1.71. The first kappa shape index (κ1) is 15.6. The number of nitrogens with two attached hydrogens (primary N) is 1. The number of rotatable bonds is 6. The fourth-order valence-corrected chi connectivity index (χ4v) is 2.59. The fourth-order valence-electron chi connectivity index (χ4n) is 2.59. The standard InChI is InChI=1S/C17H25N3O/c1-5-14(18)9-15-7-6-8-20(15)11-16-13(3)17(21-4)12(2)10-19-16/h6-8,10,14H,5,9,11,18H2,1-4H3. The van der Waals surface area contributed by atoms with E-state index < -0.39 is 0 Å². The van der Waals surface area contributed by atoms with Crippen LogP contribution in [0.1, 0.15) is 35.9 Å². The number of ether oxygens (including phenoxy) is 1. The van der Waals surface area contributed by atoms with Crippen LogP contribution in [0.3, 0.4) is 0 Å². The molecule has 0 fully saturated rings. The summed E-state index contributed by atoms with van der Waals surface area (Å²) < 4.78 is 7.70. The summed E-state index contributed by atoms with van der Waals surface area (Å²) in [6.07, 6.45) is 5.85. The van der Waals surface area contributed by atoms with Gasteiger partial charge < -0.3 is 15.0 Å². The van der Waals surface area contributed by atoms with Crippen molar-refractivity contribution in [3.8, 4) is 5.75 Å². The molecular formula is C17H25N3O. The molecule has 0 saturated heterocycles. The van der Waals surface area contributed by atoms with Crippen LogP contribution in [0.25, 0.3) is 0 Å². The maximum atomic E-state index is 6.07. The minimum atomic E-state index is 0.209. The zero-order chi connectivity index (χ0) is 15.4. The second-order valence-electron chi connectivity index (χ2n) is 5.55. The normalized spacial score (nSPS) is 12.4. The van der Waals surface area contributed by atoms with Crippen molar-refractivity contribution in [2.75, 3.05) is 7.11 Å². The highest BCUT2D eigenvalue weighted by atomic mass is 16.5. The minimum Gasteiger partial charge on any atom is -0.496 e. The zero-order valence-corrected chi connectivity index (χ0v) is 13.4. The maximum absolute atomic E-state index is 6.07. The van der Waals surface area contributed by atoms with Crippen LogP contribution in [0.15, 0.2) is 24.5 Å². The Balaban J connectivity index is 2.25. The largest absolute Gasteiger partial charge is 0.496 e. The third kappa shape index (κ3) is 3.45. The number of hydrogen-bond donors (Lipinski definition) is 1. The van der Waals surface area contributed by atoms with Crippen molar-refractivity contribution in [2.45, 2.75) is 46.2 Å². The van der Waals surface area contributed by atoms with Crippen molar-refractivity contribution in [3.05, 3.63) is 47.0 Å². The number of nitrogens with zero attached hydrogens (tertiary/aromatic N) is 2. The van der Waals surface area contributed by atoms with Crippen LogP contribution in [0.2, 0.25) is 0 Å². The molecule has 2 N–H and O–H groups in total. The van der Waals surface area contributed by atoms with Crippen LogP contribution in [-0.4, -0.2) is 22.7 Å². The van der Waals surface area contributed by atoms with E-state index in [9.17, 15) is 0 Å². The molecule has 0 saturated carbocycles. The van der Waals surface area contributed by atoms with E-state index in [1.807, 2.05) is 13.1 Å². The molecule has 0 aromatic carbocycles. The lowest BCUT2D eigenvalue weighted by Crippen LogP contribution is -2.23. The molecule has 2 aromatic rings. The van der Waals surface area contributed by atoms with Gasteiger partial charge in [-0.25, -0.2) is 0 Å². The molecule has 0 amide bonds. The second kappa shape index (κ2) is 6.76. The number of hydrogen-bond acceptors (Lipinski definition) is 3. The van der Waals surface area contributed by atoms with Crippen molar-refractivity contribution in [1.82, 2.24) is 9.55 Å². The highest BCUT2D eigenvalue weighted by Gasteiger charge is 2.12. The predicted octanol–water partition coefficient (Wildman–Crippen LogP) is 2.84. The van der Waals surface area contributed by atoms with E-state index in [-0.39, 0.29) is 6.04 Å². The third-order valence-electron chi connectivity index (χ3n) is 3.99. The summed E-state index contributed by atoms with van der Waals surface area (Å²) in [5.41, 5.74) is 10.5. The first-order valence-corrected chi connectivity index (χ1v) is 7.45. The van der Waals surface area contributed by atoms with Gasteiger partial charge in [-0.15, -0.1) is 0 Å². The van der Waals surface area contributed by atoms with Gasteiger partial charge >= 0.3 is 0 Å². The van der Waals surface area contributed by atoms with Crippen LogP contribution < -0.4 is 10.5 Å². The van der Waals surface area contributed by atoms with Crippen molar-refractivity contribution in [1.29, 1.82) is 0 Å². The molecule has 4 heteroatoms. The summed E-state index contributed by atoms with van der Waals surface area (Å²) in [5.74, 6) is 0.930. The lowest BCUT2D eigenvalue weighted by atomic mass is 10.1. The number of methoxy groups -OCH3 is 1. The Morgan fingerprint density at radius 1 is 1.38 bits per heavy atom. The van der Waals surface area contributed by atoms with Crippen molar-refractivity contribution in [2.24, 2.45) is 5.73 Å². The fraction of sp³-hybridized carbons (Fsp3) is 0.471. The molecule has 0 aliphatic heterocycles. The molecule has 21 heavy (non-hydrogen) atoms. The van der Waals surface area contributed by atoms with Gasteiger partial charge in [0.05, 0.1) is 19.3 Å². The van der Waals surface area contributed by atoms with Gasteiger partial charge in [0.1, 0.15) is 5.75 Å². The quantitative estimate of drug-likeness (QED) is 0.889. The van der Waals surface area contributed by atoms with E-state index in [0.717, 1.165) is 42.0 Å². The van der Waals surface area contributed by atoms with Gasteiger partial charge in [-0.1, -0.05) is 6.92 Å². The summed E-state index contributed by atoms with van der Waals surface area (Å²) in [4.78, 5) is 4.57. The van der Waals surface area contributed by atoms with E-state index in [4.69, 9.17) is 10.5 Å². The van der Waals surface area contributed by atoms with Crippen molar-refractivity contribution < 1.29 is 4.74 Å². The highest BCUT2D eigenvalue weighted by Crippen LogP contribution is 2.24. The predicted molar refractivity (Wildman–Crippen MR) is 85.8 cm³/mol. The average Bonchev–Trinajstić information content (AvgIpc) is 2.89. The second-order valence-corrected chi connectivity index (χ2v) is 5.55. The lowest BCUT2D eigenvalue weighted by molar-refractivity contribution is 0.406. The highest BCUT2D eigenvalue weighted by molar-refractivity contribution is 5.41. The van der Waals surface area contributed by atoms with Crippen LogP contribution in [0.5, 0.6) is 5.75 Å². The van der Waals surface area contributed by atoms with E-state index in [2.05, 4.69) is 41.7 Å². The molecule has 1 atom stereocenters. The van der Waals surface area contributed by atoms with Gasteiger partial charge in [0.2, 0.25) is 0 Å². The Labute approximate surface area is 127 Å². The van der Waals surface area contributed by atoms with E-state index >= 15 is 0 Å². The molecular weight excluding hydrogens is 262 g/mol. The van der Waals surface area contributed by atoms with E-state index in [0.29, 0.717) is 0 Å². The zero-order valence-electron chi connectivity index (χ0n) is 13.4. The lowest BCUT2D eigenvalue weighted by Gasteiger charge is -2.16. The molecule has 0 aliphatic rings. The van der Waals surface area contributed by atoms with Gasteiger partial charge in [0.25, 0.3) is 0 Å². The summed E-state index contributed by atoms with van der Waals surface area (Å²) >= 11 is 0. The molecule has 114 valence electrons. The van der Waals surface area contributed by atoms with Gasteiger partial charge in [-0.3, -0.25) is 4.98 Å². The Morgan fingerprint density at radius 3 is 2.81 bits per heavy atom. The van der Waals surface area contributed by atoms with Crippen molar-refractivity contribution >= 4 is 0 Å². The number of aromatic nitrogens is 2. The Bertz CT molecular complexity index is 604. The SMILES string of the molecule is CCC(N)Cc1cccn1Cc1ncc(C)c(OC)c1C. The molecule has 2 heterocycles. The number of pyridine rings is 1. The molecule has 2 aromatic heterocycles. The Morgan fingerprint density at radius 2 is 2.14 bits per heavy atom. The molecule has 0 aliphatic carbocycles. The Hall–Kier alpha value is -1.81. The van der Waals surface area contributed by atoms with Crippen LogP contribution in [0.4, 0.5) is 0 Å². The van der Waals surface area contributed by atoms with Gasteiger partial charge in [0, 0.05) is 41.7 Å². The molecule has 0 radical (unpaired) electrons. The molecule has 1 unspecified atom stereocenters. The van der Waals surface area contributed by atoms with Crippen LogP contribution in [-0.2, 0) is 13.0 Å². The van der Waals surface area contributed by atoms with Crippen molar-refractivity contribution in [3.63, 3.8) is 0 Å². The topological polar surface area (TPSA) is 53.1 Å². The summed E-state index contributed by atoms with van der Waals surface area (Å²) in [5, 5.41) is 0. The Kier molecular flexibility index (Phi) is 5.02. The van der Waals surface area contributed by atoms with Gasteiger partial charge in [-0.05, 0) is 32.4 Å². The molecule has 2 rings (SSSR count). The van der Waals surface area contributed by atoms with Crippen LogP contribution >= 0.6 is 0 Å². The minimum absolute atomic E-state index is 0.209. The van der Waals surface area contributed by atoms with Crippen LogP contribution in [0, 0.1) is 13.8 Å². The van der Waals surface area contributed by atoms with Gasteiger partial charge in [-0.2, -0.15) is 0 Å².